The van der Waals surface area contributed by atoms with E-state index in [9.17, 15) is 18.0 Å². The lowest BCUT2D eigenvalue weighted by Crippen LogP contribution is -2.29. The number of carbonyl (C=O) groups excluding carboxylic acids is 1. The number of hydrogen-bond acceptors (Lipinski definition) is 2. The third kappa shape index (κ3) is 3.04. The van der Waals surface area contributed by atoms with Crippen molar-refractivity contribution in [2.24, 2.45) is 5.10 Å². The van der Waals surface area contributed by atoms with Crippen LogP contribution in [0.15, 0.2) is 5.10 Å². The number of nitrogens with one attached hydrogen (secondary N) is 1. The number of halogens is 3. The van der Waals surface area contributed by atoms with Crippen LogP contribution >= 0.6 is 0 Å². The molecule has 0 unspecified atom stereocenters. The molecule has 1 amide bonds. The highest BCUT2D eigenvalue weighted by Crippen LogP contribution is 2.21. The Kier molecular flexibility index (Phi) is 2.90. The highest BCUT2D eigenvalue weighted by Gasteiger charge is 2.35. The molecule has 0 aromatic rings. The Hall–Kier alpha value is -1.07. The number of hydrazone groups is 1. The lowest BCUT2D eigenvalue weighted by molar-refractivity contribution is -0.121. The molecule has 0 radical (unpaired) electrons. The molecule has 0 saturated heterocycles. The summed E-state index contributed by atoms with van der Waals surface area (Å²) >= 11 is 0. The Morgan fingerprint density at radius 3 is 2.46 bits per heavy atom. The van der Waals surface area contributed by atoms with Gasteiger partial charge in [0.2, 0.25) is 5.91 Å². The second kappa shape index (κ2) is 3.76. The summed E-state index contributed by atoms with van der Waals surface area (Å²) in [6, 6.07) is 0. The minimum absolute atomic E-state index is 0.121. The molecule has 74 valence electrons. The Balaban J connectivity index is 2.71. The number of carbonyl (C=O) groups is 1. The summed E-state index contributed by atoms with van der Waals surface area (Å²) in [4.78, 5) is 10.7. The van der Waals surface area contributed by atoms with Gasteiger partial charge in [-0.1, -0.05) is 0 Å². The van der Waals surface area contributed by atoms with Crippen molar-refractivity contribution < 1.29 is 18.0 Å². The van der Waals surface area contributed by atoms with E-state index < -0.39 is 17.8 Å². The van der Waals surface area contributed by atoms with Crippen LogP contribution in [0.2, 0.25) is 0 Å². The average molecular weight is 194 g/mol. The molecule has 1 heterocycles. The summed E-state index contributed by atoms with van der Waals surface area (Å²) in [6.45, 7) is 0. The Morgan fingerprint density at radius 2 is 1.85 bits per heavy atom. The topological polar surface area (TPSA) is 41.5 Å². The fourth-order valence-electron chi connectivity index (χ4n) is 1.02. The van der Waals surface area contributed by atoms with Gasteiger partial charge in [0, 0.05) is 6.42 Å². The molecule has 0 atom stereocenters. The fraction of sp³-hybridized carbons (Fsp3) is 0.714. The van der Waals surface area contributed by atoms with Gasteiger partial charge < -0.3 is 0 Å². The van der Waals surface area contributed by atoms with Crippen molar-refractivity contribution in [3.05, 3.63) is 0 Å². The van der Waals surface area contributed by atoms with Crippen LogP contribution in [0.1, 0.15) is 25.7 Å². The van der Waals surface area contributed by atoms with E-state index in [1.165, 1.54) is 0 Å². The average Bonchev–Trinajstić information content (AvgIpc) is 1.94. The Labute approximate surface area is 73.0 Å². The predicted molar refractivity (Wildman–Crippen MR) is 40.1 cm³/mol. The molecule has 0 bridgehead atoms. The monoisotopic (exact) mass is 194 g/mol. The minimum Gasteiger partial charge on any atom is -0.273 e. The lowest BCUT2D eigenvalue weighted by atomic mass is 10.1. The lowest BCUT2D eigenvalue weighted by Gasteiger charge is -2.12. The largest absolute Gasteiger partial charge is 0.431 e. The van der Waals surface area contributed by atoms with Crippen LogP contribution in [0.3, 0.4) is 0 Å². The van der Waals surface area contributed by atoms with Crippen molar-refractivity contribution in [2.45, 2.75) is 31.9 Å². The van der Waals surface area contributed by atoms with E-state index in [0.717, 1.165) is 0 Å². The molecule has 3 nitrogen and oxygen atoms in total. The van der Waals surface area contributed by atoms with Gasteiger partial charge in [0.05, 0.1) is 0 Å². The second-order valence-electron chi connectivity index (χ2n) is 2.80. The van der Waals surface area contributed by atoms with Crippen LogP contribution in [0.25, 0.3) is 0 Å². The molecule has 0 saturated carbocycles. The summed E-state index contributed by atoms with van der Waals surface area (Å²) < 4.78 is 36.3. The molecule has 0 aromatic heterocycles. The third-order valence-corrected chi connectivity index (χ3v) is 1.71. The molecule has 1 N–H and O–H groups in total. The molecule has 6 heteroatoms. The Bertz CT molecular complexity index is 234. The number of amides is 1. The number of hydrogen-bond donors (Lipinski definition) is 1. The molecule has 1 aliphatic rings. The standard InChI is InChI=1S/C7H9F3N2O/c8-7(9,10)5-3-1-2-4-6(13)12-11-5/h1-4H2,(H,12,13)/b11-5+. The van der Waals surface area contributed by atoms with E-state index in [-0.39, 0.29) is 12.8 Å². The molecular formula is C7H9F3N2O. The van der Waals surface area contributed by atoms with Gasteiger partial charge in [-0.2, -0.15) is 18.3 Å². The van der Waals surface area contributed by atoms with E-state index in [2.05, 4.69) is 5.10 Å². The van der Waals surface area contributed by atoms with Gasteiger partial charge in [0.15, 0.2) is 0 Å². The first kappa shape index (κ1) is 10.0. The maximum atomic E-state index is 12.1. The SMILES string of the molecule is O=C1CCCC/C(C(F)(F)F)=N\N1. The van der Waals surface area contributed by atoms with Crippen molar-refractivity contribution in [3.8, 4) is 0 Å². The number of nitrogens with zero attached hydrogens (tertiary/aromatic N) is 1. The zero-order valence-corrected chi connectivity index (χ0v) is 6.82. The van der Waals surface area contributed by atoms with Crippen molar-refractivity contribution in [1.29, 1.82) is 0 Å². The third-order valence-electron chi connectivity index (χ3n) is 1.71. The molecule has 1 aliphatic heterocycles. The first-order chi connectivity index (χ1) is 6.00. The summed E-state index contributed by atoms with van der Waals surface area (Å²) in [7, 11) is 0. The maximum Gasteiger partial charge on any atom is 0.431 e. The summed E-state index contributed by atoms with van der Waals surface area (Å²) in [5.74, 6) is -0.457. The summed E-state index contributed by atoms with van der Waals surface area (Å²) in [5.41, 5.74) is 0.968. The van der Waals surface area contributed by atoms with Gasteiger partial charge >= 0.3 is 6.18 Å². The molecule has 0 aromatic carbocycles. The summed E-state index contributed by atoms with van der Waals surface area (Å²) in [5, 5.41) is 3.03. The van der Waals surface area contributed by atoms with Crippen molar-refractivity contribution >= 4 is 11.6 Å². The van der Waals surface area contributed by atoms with Crippen molar-refractivity contribution in [1.82, 2.24) is 5.43 Å². The van der Waals surface area contributed by atoms with Crippen LogP contribution in [-0.4, -0.2) is 17.8 Å². The smallest absolute Gasteiger partial charge is 0.273 e. The van der Waals surface area contributed by atoms with E-state index >= 15 is 0 Å². The van der Waals surface area contributed by atoms with Crippen LogP contribution in [0.5, 0.6) is 0 Å². The predicted octanol–water partition coefficient (Wildman–Crippen LogP) is 1.59. The zero-order chi connectivity index (χ0) is 9.90. The second-order valence-corrected chi connectivity index (χ2v) is 2.80. The number of rotatable bonds is 0. The van der Waals surface area contributed by atoms with E-state index in [0.29, 0.717) is 12.8 Å². The molecule has 13 heavy (non-hydrogen) atoms. The minimum atomic E-state index is -4.43. The van der Waals surface area contributed by atoms with Gasteiger partial charge in [-0.3, -0.25) is 4.79 Å². The van der Waals surface area contributed by atoms with E-state index in [4.69, 9.17) is 0 Å². The van der Waals surface area contributed by atoms with Gasteiger partial charge in [-0.25, -0.2) is 5.43 Å². The normalized spacial score (nSPS) is 23.9. The van der Waals surface area contributed by atoms with Crippen molar-refractivity contribution in [2.75, 3.05) is 0 Å². The molecule has 0 aliphatic carbocycles. The first-order valence-corrected chi connectivity index (χ1v) is 3.93. The fourth-order valence-corrected chi connectivity index (χ4v) is 1.02. The van der Waals surface area contributed by atoms with Crippen LogP contribution in [0, 0.1) is 0 Å². The first-order valence-electron chi connectivity index (χ1n) is 3.93. The van der Waals surface area contributed by atoms with Crippen molar-refractivity contribution in [3.63, 3.8) is 0 Å². The summed E-state index contributed by atoms with van der Waals surface area (Å²) in [6.07, 6.45) is -3.48. The molecule has 0 fully saturated rings. The maximum absolute atomic E-state index is 12.1. The Morgan fingerprint density at radius 1 is 1.23 bits per heavy atom. The van der Waals surface area contributed by atoms with Gasteiger partial charge in [-0.15, -0.1) is 0 Å². The molecular weight excluding hydrogens is 185 g/mol. The van der Waals surface area contributed by atoms with E-state index in [1.807, 2.05) is 5.43 Å². The highest BCUT2D eigenvalue weighted by molar-refractivity contribution is 5.91. The van der Waals surface area contributed by atoms with Crippen LogP contribution < -0.4 is 5.43 Å². The van der Waals surface area contributed by atoms with Crippen LogP contribution in [-0.2, 0) is 4.79 Å². The van der Waals surface area contributed by atoms with E-state index in [1.54, 1.807) is 0 Å². The zero-order valence-electron chi connectivity index (χ0n) is 6.82. The highest BCUT2D eigenvalue weighted by atomic mass is 19.4. The molecule has 0 spiro atoms. The van der Waals surface area contributed by atoms with Gasteiger partial charge in [-0.05, 0) is 19.3 Å². The molecule has 1 rings (SSSR count). The van der Waals surface area contributed by atoms with Gasteiger partial charge in [0.1, 0.15) is 5.71 Å². The number of alkyl halides is 3. The van der Waals surface area contributed by atoms with Crippen LogP contribution in [0.4, 0.5) is 13.2 Å². The van der Waals surface area contributed by atoms with Gasteiger partial charge in [0.25, 0.3) is 0 Å². The quantitative estimate of drug-likeness (QED) is 0.625.